The Labute approximate surface area is 121 Å². The summed E-state index contributed by atoms with van der Waals surface area (Å²) in [6.07, 6.45) is -5.61. The molecule has 1 rings (SSSR count). The fourth-order valence-corrected chi connectivity index (χ4v) is 3.19. The first-order valence-corrected chi connectivity index (χ1v) is 7.96. The third-order valence-electron chi connectivity index (χ3n) is 2.70. The van der Waals surface area contributed by atoms with E-state index >= 15 is 0 Å². The molecule has 0 saturated carbocycles. The molecule has 0 saturated heterocycles. The Morgan fingerprint density at radius 3 is 2.57 bits per heavy atom. The highest BCUT2D eigenvalue weighted by molar-refractivity contribution is 7.89. The van der Waals surface area contributed by atoms with E-state index in [1.807, 2.05) is 6.92 Å². The maximum absolute atomic E-state index is 12.1. The fourth-order valence-electron chi connectivity index (χ4n) is 1.76. The molecule has 6 nitrogen and oxygen atoms in total. The van der Waals surface area contributed by atoms with E-state index < -0.39 is 22.6 Å². The topological polar surface area (TPSA) is 86.9 Å². The van der Waals surface area contributed by atoms with Crippen molar-refractivity contribution in [3.05, 3.63) is 11.4 Å². The van der Waals surface area contributed by atoms with Crippen molar-refractivity contribution in [1.29, 1.82) is 0 Å². The highest BCUT2D eigenvalue weighted by atomic mass is 32.2. The van der Waals surface area contributed by atoms with Crippen molar-refractivity contribution in [1.82, 2.24) is 20.2 Å². The number of nitrogens with one attached hydrogen (secondary N) is 3. The van der Waals surface area contributed by atoms with Gasteiger partial charge in [0.1, 0.15) is 4.90 Å². The average molecular weight is 328 g/mol. The van der Waals surface area contributed by atoms with Gasteiger partial charge in [0.2, 0.25) is 10.0 Å². The molecule has 0 spiro atoms. The quantitative estimate of drug-likeness (QED) is 0.630. The maximum Gasteiger partial charge on any atom is 0.389 e. The van der Waals surface area contributed by atoms with Crippen molar-refractivity contribution in [2.24, 2.45) is 0 Å². The van der Waals surface area contributed by atoms with Gasteiger partial charge in [0.15, 0.2) is 0 Å². The molecule has 0 fully saturated rings. The molecule has 3 N–H and O–H groups in total. The second-order valence-corrected chi connectivity index (χ2v) is 6.23. The third-order valence-corrected chi connectivity index (χ3v) is 4.36. The van der Waals surface area contributed by atoms with E-state index in [2.05, 4.69) is 20.2 Å². The molecule has 0 aliphatic heterocycles. The summed E-state index contributed by atoms with van der Waals surface area (Å²) in [6, 6.07) is 0. The summed E-state index contributed by atoms with van der Waals surface area (Å²) in [6.45, 7) is 4.05. The molecule has 0 radical (unpaired) electrons. The van der Waals surface area contributed by atoms with Crippen LogP contribution in [0.2, 0.25) is 0 Å². The lowest BCUT2D eigenvalue weighted by Crippen LogP contribution is -2.27. The van der Waals surface area contributed by atoms with Crippen molar-refractivity contribution in [3.63, 3.8) is 0 Å². The Bertz CT molecular complexity index is 554. The van der Waals surface area contributed by atoms with Gasteiger partial charge in [-0.1, -0.05) is 6.92 Å². The number of hydrogen-bond donors (Lipinski definition) is 3. The molecule has 0 bridgehead atoms. The fraction of sp³-hybridized carbons (Fsp3) is 0.727. The minimum absolute atomic E-state index is 0.00420. The summed E-state index contributed by atoms with van der Waals surface area (Å²) in [4.78, 5) is -0.00420. The van der Waals surface area contributed by atoms with Crippen molar-refractivity contribution in [2.45, 2.75) is 44.3 Å². The zero-order valence-electron chi connectivity index (χ0n) is 11.8. The van der Waals surface area contributed by atoms with Crippen molar-refractivity contribution >= 4 is 10.0 Å². The van der Waals surface area contributed by atoms with Crippen LogP contribution in [0.25, 0.3) is 0 Å². The van der Waals surface area contributed by atoms with Gasteiger partial charge in [-0.15, -0.1) is 0 Å². The van der Waals surface area contributed by atoms with E-state index in [1.165, 1.54) is 0 Å². The molecule has 10 heteroatoms. The number of rotatable bonds is 8. The van der Waals surface area contributed by atoms with Gasteiger partial charge in [0.25, 0.3) is 0 Å². The SMILES string of the molecule is CCNCc1n[nH]c(C)c1S(=O)(=O)NCCCC(F)(F)F. The van der Waals surface area contributed by atoms with Crippen LogP contribution in [0, 0.1) is 6.92 Å². The number of halogens is 3. The summed E-state index contributed by atoms with van der Waals surface area (Å²) in [5, 5.41) is 9.43. The number of alkyl halides is 3. The Morgan fingerprint density at radius 2 is 2.00 bits per heavy atom. The van der Waals surface area contributed by atoms with Crippen LogP contribution in [0.5, 0.6) is 0 Å². The molecule has 0 unspecified atom stereocenters. The zero-order valence-corrected chi connectivity index (χ0v) is 12.7. The van der Waals surface area contributed by atoms with Gasteiger partial charge in [-0.3, -0.25) is 5.10 Å². The first-order valence-electron chi connectivity index (χ1n) is 6.48. The number of nitrogens with zero attached hydrogens (tertiary/aromatic N) is 1. The molecule has 1 aromatic heterocycles. The third kappa shape index (κ3) is 5.64. The molecule has 122 valence electrons. The standard InChI is InChI=1S/C11H19F3N4O2S/c1-3-15-7-9-10(8(2)17-18-9)21(19,20)16-6-4-5-11(12,13)14/h15-16H,3-7H2,1-2H3,(H,17,18). The largest absolute Gasteiger partial charge is 0.389 e. The molecule has 1 aromatic rings. The van der Waals surface area contributed by atoms with Crippen molar-refractivity contribution in [2.75, 3.05) is 13.1 Å². The van der Waals surface area contributed by atoms with Crippen LogP contribution in [-0.4, -0.2) is 37.9 Å². The van der Waals surface area contributed by atoms with Gasteiger partial charge in [-0.2, -0.15) is 18.3 Å². The van der Waals surface area contributed by atoms with E-state index in [0.717, 1.165) is 0 Å². The van der Waals surface area contributed by atoms with Gasteiger partial charge in [0, 0.05) is 19.5 Å². The first kappa shape index (κ1) is 17.9. The molecule has 0 atom stereocenters. The normalized spacial score (nSPS) is 12.8. The summed E-state index contributed by atoms with van der Waals surface area (Å²) in [5.41, 5.74) is 0.670. The Morgan fingerprint density at radius 1 is 1.33 bits per heavy atom. The van der Waals surface area contributed by atoms with Crippen LogP contribution in [0.15, 0.2) is 4.90 Å². The molecule has 0 aromatic carbocycles. The van der Waals surface area contributed by atoms with Crippen LogP contribution in [0.1, 0.15) is 31.2 Å². The molecule has 1 heterocycles. The Hall–Kier alpha value is -1.13. The minimum atomic E-state index is -4.28. The highest BCUT2D eigenvalue weighted by Crippen LogP contribution is 2.21. The molecular formula is C11H19F3N4O2S. The van der Waals surface area contributed by atoms with Gasteiger partial charge in [-0.25, -0.2) is 13.1 Å². The molecular weight excluding hydrogens is 309 g/mol. The maximum atomic E-state index is 12.1. The van der Waals surface area contributed by atoms with Crippen molar-refractivity contribution in [3.8, 4) is 0 Å². The van der Waals surface area contributed by atoms with E-state index in [9.17, 15) is 21.6 Å². The molecule has 21 heavy (non-hydrogen) atoms. The Balaban J connectivity index is 2.72. The summed E-state index contributed by atoms with van der Waals surface area (Å²) >= 11 is 0. The molecule has 0 amide bonds. The number of aromatic amines is 1. The lowest BCUT2D eigenvalue weighted by molar-refractivity contribution is -0.135. The van der Waals surface area contributed by atoms with Gasteiger partial charge in [0.05, 0.1) is 11.4 Å². The number of aromatic nitrogens is 2. The van der Waals surface area contributed by atoms with Crippen LogP contribution >= 0.6 is 0 Å². The second kappa shape index (κ2) is 7.23. The van der Waals surface area contributed by atoms with Gasteiger partial charge >= 0.3 is 6.18 Å². The minimum Gasteiger partial charge on any atom is -0.311 e. The van der Waals surface area contributed by atoms with Crippen LogP contribution < -0.4 is 10.0 Å². The lowest BCUT2D eigenvalue weighted by Gasteiger charge is -2.09. The van der Waals surface area contributed by atoms with Crippen LogP contribution in [0.3, 0.4) is 0 Å². The summed E-state index contributed by atoms with van der Waals surface area (Å²) < 4.78 is 62.5. The van der Waals surface area contributed by atoms with Crippen molar-refractivity contribution < 1.29 is 21.6 Å². The predicted molar refractivity (Wildman–Crippen MR) is 71.2 cm³/mol. The lowest BCUT2D eigenvalue weighted by atomic mass is 10.3. The number of sulfonamides is 1. The Kier molecular flexibility index (Phi) is 6.17. The van der Waals surface area contributed by atoms with Gasteiger partial charge in [-0.05, 0) is 19.9 Å². The molecule has 0 aliphatic carbocycles. The van der Waals surface area contributed by atoms with Gasteiger partial charge < -0.3 is 5.32 Å². The average Bonchev–Trinajstić information content (AvgIpc) is 2.73. The zero-order chi connectivity index (χ0) is 16.1. The second-order valence-electron chi connectivity index (χ2n) is 4.52. The van der Waals surface area contributed by atoms with Crippen LogP contribution in [0.4, 0.5) is 13.2 Å². The number of H-pyrrole nitrogens is 1. The first-order chi connectivity index (χ1) is 9.67. The van der Waals surface area contributed by atoms with E-state index in [1.54, 1.807) is 6.92 Å². The summed E-state index contributed by atoms with van der Waals surface area (Å²) in [5.74, 6) is 0. The smallest absolute Gasteiger partial charge is 0.311 e. The predicted octanol–water partition coefficient (Wildman–Crippen LogP) is 1.45. The van der Waals surface area contributed by atoms with Crippen LogP contribution in [-0.2, 0) is 16.6 Å². The monoisotopic (exact) mass is 328 g/mol. The number of hydrogen-bond acceptors (Lipinski definition) is 4. The number of aryl methyl sites for hydroxylation is 1. The molecule has 0 aliphatic rings. The van der Waals surface area contributed by atoms with E-state index in [-0.39, 0.29) is 24.4 Å². The van der Waals surface area contributed by atoms with E-state index in [4.69, 9.17) is 0 Å². The van der Waals surface area contributed by atoms with E-state index in [0.29, 0.717) is 17.9 Å². The highest BCUT2D eigenvalue weighted by Gasteiger charge is 2.27. The summed E-state index contributed by atoms with van der Waals surface area (Å²) in [7, 11) is -3.88.